The lowest BCUT2D eigenvalue weighted by Gasteiger charge is -2.34. The molecule has 4 N–H and O–H groups in total. The standard InChI is InChI=1S/C15H19FN2O3/c16-12-5-4-10(8-11(12)13(19)20)18-14(21)15(9-17)6-2-1-3-7-15/h4-5,8H,1-3,6-7,9,17H2,(H,18,21)(H,19,20). The van der Waals surface area contributed by atoms with E-state index >= 15 is 0 Å². The summed E-state index contributed by atoms with van der Waals surface area (Å²) in [6.45, 7) is 0.256. The van der Waals surface area contributed by atoms with Gasteiger partial charge in [-0.15, -0.1) is 0 Å². The number of nitrogens with one attached hydrogen (secondary N) is 1. The highest BCUT2D eigenvalue weighted by Gasteiger charge is 2.38. The Kier molecular flexibility index (Phi) is 4.57. The van der Waals surface area contributed by atoms with Gasteiger partial charge in [-0.25, -0.2) is 9.18 Å². The van der Waals surface area contributed by atoms with Gasteiger partial charge in [-0.2, -0.15) is 0 Å². The Labute approximate surface area is 122 Å². The van der Waals surface area contributed by atoms with E-state index < -0.39 is 22.8 Å². The molecule has 0 atom stereocenters. The molecule has 0 heterocycles. The van der Waals surface area contributed by atoms with Crippen molar-refractivity contribution in [3.8, 4) is 0 Å². The van der Waals surface area contributed by atoms with E-state index in [9.17, 15) is 14.0 Å². The number of hydrogen-bond acceptors (Lipinski definition) is 3. The van der Waals surface area contributed by atoms with Crippen LogP contribution in [0.15, 0.2) is 18.2 Å². The zero-order valence-electron chi connectivity index (χ0n) is 11.7. The van der Waals surface area contributed by atoms with E-state index in [0.717, 1.165) is 44.2 Å². The summed E-state index contributed by atoms with van der Waals surface area (Å²) in [6.07, 6.45) is 4.45. The quantitative estimate of drug-likeness (QED) is 0.795. The topological polar surface area (TPSA) is 92.4 Å². The van der Waals surface area contributed by atoms with Crippen molar-refractivity contribution < 1.29 is 19.1 Å². The SMILES string of the molecule is NCC1(C(=O)Nc2ccc(F)c(C(=O)O)c2)CCCCC1. The molecule has 1 amide bonds. The Morgan fingerprint density at radius 3 is 2.52 bits per heavy atom. The third-order valence-corrected chi connectivity index (χ3v) is 4.14. The molecule has 1 aromatic rings. The van der Waals surface area contributed by atoms with Crippen molar-refractivity contribution in [3.05, 3.63) is 29.6 Å². The molecule has 1 aliphatic rings. The van der Waals surface area contributed by atoms with Gasteiger partial charge in [0.25, 0.3) is 0 Å². The molecule has 5 nitrogen and oxygen atoms in total. The predicted molar refractivity (Wildman–Crippen MR) is 76.6 cm³/mol. The van der Waals surface area contributed by atoms with Crippen molar-refractivity contribution in [1.82, 2.24) is 0 Å². The lowest BCUT2D eigenvalue weighted by molar-refractivity contribution is -0.126. The molecule has 0 radical (unpaired) electrons. The van der Waals surface area contributed by atoms with E-state index in [1.54, 1.807) is 0 Å². The van der Waals surface area contributed by atoms with Crippen LogP contribution in [-0.4, -0.2) is 23.5 Å². The normalized spacial score (nSPS) is 17.2. The molecule has 0 aliphatic heterocycles. The fourth-order valence-corrected chi connectivity index (χ4v) is 2.78. The average molecular weight is 294 g/mol. The van der Waals surface area contributed by atoms with Crippen molar-refractivity contribution in [2.24, 2.45) is 11.1 Å². The molecule has 1 saturated carbocycles. The summed E-state index contributed by atoms with van der Waals surface area (Å²) in [4.78, 5) is 23.4. The van der Waals surface area contributed by atoms with Crippen LogP contribution in [0.3, 0.4) is 0 Å². The number of hydrogen-bond donors (Lipinski definition) is 3. The fraction of sp³-hybridized carbons (Fsp3) is 0.467. The van der Waals surface area contributed by atoms with Crippen LogP contribution in [0.25, 0.3) is 0 Å². The highest BCUT2D eigenvalue weighted by atomic mass is 19.1. The van der Waals surface area contributed by atoms with Gasteiger partial charge in [0.05, 0.1) is 11.0 Å². The van der Waals surface area contributed by atoms with Crippen molar-refractivity contribution in [2.75, 3.05) is 11.9 Å². The first kappa shape index (κ1) is 15.4. The zero-order valence-corrected chi connectivity index (χ0v) is 11.7. The molecule has 0 saturated heterocycles. The number of carboxylic acids is 1. The smallest absolute Gasteiger partial charge is 0.338 e. The number of anilines is 1. The molecule has 21 heavy (non-hydrogen) atoms. The van der Waals surface area contributed by atoms with E-state index in [-0.39, 0.29) is 18.1 Å². The van der Waals surface area contributed by atoms with Crippen molar-refractivity contribution in [3.63, 3.8) is 0 Å². The molecule has 0 unspecified atom stereocenters. The van der Waals surface area contributed by atoms with Gasteiger partial charge in [0.1, 0.15) is 5.82 Å². The Hall–Kier alpha value is -1.95. The van der Waals surface area contributed by atoms with E-state index in [4.69, 9.17) is 10.8 Å². The number of carbonyl (C=O) groups is 2. The van der Waals surface area contributed by atoms with E-state index in [1.165, 1.54) is 6.07 Å². The van der Waals surface area contributed by atoms with Crippen LogP contribution in [0.4, 0.5) is 10.1 Å². The van der Waals surface area contributed by atoms with Crippen LogP contribution >= 0.6 is 0 Å². The minimum absolute atomic E-state index is 0.215. The number of halogens is 1. The summed E-state index contributed by atoms with van der Waals surface area (Å²) in [5.74, 6) is -2.41. The van der Waals surface area contributed by atoms with E-state index in [1.807, 2.05) is 0 Å². The largest absolute Gasteiger partial charge is 0.478 e. The molecule has 6 heteroatoms. The van der Waals surface area contributed by atoms with Gasteiger partial charge in [-0.05, 0) is 31.0 Å². The number of aromatic carboxylic acids is 1. The Balaban J connectivity index is 2.19. The summed E-state index contributed by atoms with van der Waals surface area (Å²) >= 11 is 0. The molecule has 0 aromatic heterocycles. The second kappa shape index (κ2) is 6.22. The lowest BCUT2D eigenvalue weighted by atomic mass is 9.73. The van der Waals surface area contributed by atoms with E-state index in [2.05, 4.69) is 5.32 Å². The van der Waals surface area contributed by atoms with Gasteiger partial charge in [0.15, 0.2) is 0 Å². The fourth-order valence-electron chi connectivity index (χ4n) is 2.78. The summed E-state index contributed by atoms with van der Waals surface area (Å²) in [7, 11) is 0. The summed E-state index contributed by atoms with van der Waals surface area (Å²) in [5.41, 5.74) is 4.99. The summed E-state index contributed by atoms with van der Waals surface area (Å²) in [5, 5.41) is 11.6. The number of carbonyl (C=O) groups excluding carboxylic acids is 1. The van der Waals surface area contributed by atoms with Crippen LogP contribution < -0.4 is 11.1 Å². The van der Waals surface area contributed by atoms with Crippen molar-refractivity contribution in [1.29, 1.82) is 0 Å². The maximum absolute atomic E-state index is 13.3. The Morgan fingerprint density at radius 2 is 1.95 bits per heavy atom. The van der Waals surface area contributed by atoms with Gasteiger partial charge in [0.2, 0.25) is 5.91 Å². The highest BCUT2D eigenvalue weighted by molar-refractivity contribution is 5.97. The molecule has 0 bridgehead atoms. The first-order chi connectivity index (χ1) is 9.98. The Morgan fingerprint density at radius 1 is 1.29 bits per heavy atom. The second-order valence-electron chi connectivity index (χ2n) is 5.50. The number of benzene rings is 1. The van der Waals surface area contributed by atoms with Crippen LogP contribution in [0.2, 0.25) is 0 Å². The maximum atomic E-state index is 13.3. The lowest BCUT2D eigenvalue weighted by Crippen LogP contribution is -2.43. The molecule has 114 valence electrons. The zero-order chi connectivity index (χ0) is 15.5. The Bertz CT molecular complexity index is 554. The molecule has 2 rings (SSSR count). The third-order valence-electron chi connectivity index (χ3n) is 4.14. The summed E-state index contributed by atoms with van der Waals surface area (Å²) in [6, 6.07) is 3.52. The number of nitrogens with two attached hydrogens (primary N) is 1. The van der Waals surface area contributed by atoms with Crippen LogP contribution in [-0.2, 0) is 4.79 Å². The summed E-state index contributed by atoms with van der Waals surface area (Å²) < 4.78 is 13.3. The molecule has 1 fully saturated rings. The molecule has 1 aromatic carbocycles. The third kappa shape index (κ3) is 3.21. The van der Waals surface area contributed by atoms with Crippen LogP contribution in [0.5, 0.6) is 0 Å². The minimum Gasteiger partial charge on any atom is -0.478 e. The van der Waals surface area contributed by atoms with Crippen molar-refractivity contribution in [2.45, 2.75) is 32.1 Å². The highest BCUT2D eigenvalue weighted by Crippen LogP contribution is 2.36. The number of carboxylic acid groups (broad SMARTS) is 1. The van der Waals surface area contributed by atoms with E-state index in [0.29, 0.717) is 0 Å². The first-order valence-electron chi connectivity index (χ1n) is 7.03. The van der Waals surface area contributed by atoms with Gasteiger partial charge in [-0.3, -0.25) is 4.79 Å². The van der Waals surface area contributed by atoms with Gasteiger partial charge >= 0.3 is 5.97 Å². The van der Waals surface area contributed by atoms with Crippen LogP contribution in [0.1, 0.15) is 42.5 Å². The van der Waals surface area contributed by atoms with Gasteiger partial charge < -0.3 is 16.2 Å². The van der Waals surface area contributed by atoms with Crippen molar-refractivity contribution >= 4 is 17.6 Å². The predicted octanol–water partition coefficient (Wildman–Crippen LogP) is 2.37. The molecular formula is C15H19FN2O3. The second-order valence-corrected chi connectivity index (χ2v) is 5.50. The number of rotatable bonds is 4. The van der Waals surface area contributed by atoms with Gasteiger partial charge in [-0.1, -0.05) is 19.3 Å². The molecule has 0 spiro atoms. The van der Waals surface area contributed by atoms with Crippen LogP contribution in [0, 0.1) is 11.2 Å². The van der Waals surface area contributed by atoms with Gasteiger partial charge in [0, 0.05) is 12.2 Å². The minimum atomic E-state index is -1.37. The molecule has 1 aliphatic carbocycles. The molecular weight excluding hydrogens is 275 g/mol. The maximum Gasteiger partial charge on any atom is 0.338 e. The average Bonchev–Trinajstić information content (AvgIpc) is 2.49. The monoisotopic (exact) mass is 294 g/mol. The first-order valence-corrected chi connectivity index (χ1v) is 7.03. The number of amides is 1.